The van der Waals surface area contributed by atoms with Crippen LogP contribution in [0.4, 0.5) is 0 Å². The number of nitrogens with one attached hydrogen (secondary N) is 1. The van der Waals surface area contributed by atoms with Crippen molar-refractivity contribution in [3.63, 3.8) is 0 Å². The van der Waals surface area contributed by atoms with Crippen LogP contribution in [0.3, 0.4) is 0 Å². The minimum atomic E-state index is 0.184. The molecule has 18 heavy (non-hydrogen) atoms. The summed E-state index contributed by atoms with van der Waals surface area (Å²) in [4.78, 5) is 11.0. The van der Waals surface area contributed by atoms with Gasteiger partial charge in [0.05, 0.1) is 11.6 Å². The quantitative estimate of drug-likeness (QED) is 0.898. The Balaban J connectivity index is 1.76. The zero-order valence-electron chi connectivity index (χ0n) is 10.2. The van der Waals surface area contributed by atoms with E-state index in [0.717, 1.165) is 37.7 Å². The van der Waals surface area contributed by atoms with Gasteiger partial charge < -0.3 is 9.84 Å². The van der Waals surface area contributed by atoms with Crippen LogP contribution < -0.4 is 5.32 Å². The first kappa shape index (κ1) is 11.8. The van der Waals surface area contributed by atoms with Crippen molar-refractivity contribution in [3.05, 3.63) is 16.7 Å². The van der Waals surface area contributed by atoms with E-state index >= 15 is 0 Å². The zero-order valence-corrected chi connectivity index (χ0v) is 11.0. The molecule has 0 radical (unpaired) electrons. The largest absolute Gasteiger partial charge is 0.332 e. The van der Waals surface area contributed by atoms with Crippen molar-refractivity contribution in [1.82, 2.24) is 25.3 Å². The molecule has 2 aromatic heterocycles. The highest BCUT2D eigenvalue weighted by molar-refractivity contribution is 7.07. The number of rotatable bonds is 3. The highest BCUT2D eigenvalue weighted by Crippen LogP contribution is 2.22. The molecule has 1 atom stereocenters. The van der Waals surface area contributed by atoms with E-state index in [0.29, 0.717) is 5.89 Å². The zero-order chi connectivity index (χ0) is 12.4. The lowest BCUT2D eigenvalue weighted by atomic mass is 10.2. The highest BCUT2D eigenvalue weighted by atomic mass is 32.1. The molecule has 0 amide bonds. The Labute approximate surface area is 109 Å². The molecule has 1 N–H and O–H groups in total. The van der Waals surface area contributed by atoms with Crippen LogP contribution in [-0.4, -0.2) is 46.2 Å². The van der Waals surface area contributed by atoms with Crippen molar-refractivity contribution in [2.45, 2.75) is 13.0 Å². The first-order chi connectivity index (χ1) is 8.84. The van der Waals surface area contributed by atoms with Crippen LogP contribution >= 0.6 is 11.3 Å². The third-order valence-corrected chi connectivity index (χ3v) is 3.75. The van der Waals surface area contributed by atoms with Crippen molar-refractivity contribution in [3.8, 4) is 11.6 Å². The van der Waals surface area contributed by atoms with Gasteiger partial charge in [-0.15, -0.1) is 11.3 Å². The van der Waals surface area contributed by atoms with Gasteiger partial charge >= 0.3 is 0 Å². The van der Waals surface area contributed by atoms with Crippen molar-refractivity contribution < 1.29 is 4.52 Å². The Kier molecular flexibility index (Phi) is 3.35. The summed E-state index contributed by atoms with van der Waals surface area (Å²) in [5.41, 5.74) is 2.52. The highest BCUT2D eigenvalue weighted by Gasteiger charge is 2.23. The smallest absolute Gasteiger partial charge is 0.277 e. The van der Waals surface area contributed by atoms with Crippen LogP contribution in [0.25, 0.3) is 11.6 Å². The lowest BCUT2D eigenvalue weighted by Gasteiger charge is -2.30. The minimum Gasteiger partial charge on any atom is -0.332 e. The monoisotopic (exact) mass is 265 g/mol. The van der Waals surface area contributed by atoms with Crippen LogP contribution in [0.15, 0.2) is 15.4 Å². The summed E-state index contributed by atoms with van der Waals surface area (Å²) in [7, 11) is 0. The van der Waals surface area contributed by atoms with Gasteiger partial charge in [0.15, 0.2) is 5.82 Å². The minimum absolute atomic E-state index is 0.184. The maximum atomic E-state index is 5.26. The Bertz CT molecular complexity index is 491. The lowest BCUT2D eigenvalue weighted by Crippen LogP contribution is -2.44. The molecular formula is C11H15N5OS. The van der Waals surface area contributed by atoms with Crippen molar-refractivity contribution in [2.75, 3.05) is 26.2 Å². The van der Waals surface area contributed by atoms with E-state index in [2.05, 4.69) is 32.3 Å². The number of nitrogens with zero attached hydrogens (tertiary/aromatic N) is 4. The van der Waals surface area contributed by atoms with Gasteiger partial charge in [-0.1, -0.05) is 5.16 Å². The summed E-state index contributed by atoms with van der Waals surface area (Å²) in [5.74, 6) is 1.24. The summed E-state index contributed by atoms with van der Waals surface area (Å²) in [5, 5.41) is 9.31. The Hall–Kier alpha value is -1.31. The summed E-state index contributed by atoms with van der Waals surface area (Å²) in [6, 6.07) is 0.184. The van der Waals surface area contributed by atoms with E-state index in [1.165, 1.54) is 11.3 Å². The van der Waals surface area contributed by atoms with E-state index < -0.39 is 0 Å². The molecule has 1 aliphatic rings. The van der Waals surface area contributed by atoms with Gasteiger partial charge in [-0.3, -0.25) is 4.90 Å². The molecule has 0 aliphatic carbocycles. The number of aromatic nitrogens is 3. The standard InChI is InChI=1S/C11H15N5OS/c1-8(16-4-2-12-3-5-16)10-14-11(17-15-10)9-6-18-7-13-9/h6-8,12H,2-5H2,1H3. The molecule has 0 saturated carbocycles. The average Bonchev–Trinajstić information content (AvgIpc) is 3.09. The fourth-order valence-electron chi connectivity index (χ4n) is 2.06. The Morgan fingerprint density at radius 2 is 2.28 bits per heavy atom. The van der Waals surface area contributed by atoms with Crippen molar-refractivity contribution in [2.24, 2.45) is 0 Å². The fraction of sp³-hybridized carbons (Fsp3) is 0.545. The molecule has 2 aromatic rings. The summed E-state index contributed by atoms with van der Waals surface area (Å²) in [6.07, 6.45) is 0. The molecule has 1 saturated heterocycles. The van der Waals surface area contributed by atoms with E-state index in [4.69, 9.17) is 4.52 Å². The van der Waals surface area contributed by atoms with Gasteiger partial charge in [-0.25, -0.2) is 4.98 Å². The topological polar surface area (TPSA) is 67.1 Å². The first-order valence-electron chi connectivity index (χ1n) is 6.01. The number of hydrogen-bond acceptors (Lipinski definition) is 7. The molecule has 3 rings (SSSR count). The number of piperazine rings is 1. The molecule has 96 valence electrons. The van der Waals surface area contributed by atoms with Gasteiger partial charge in [-0.05, 0) is 6.92 Å². The third kappa shape index (κ3) is 2.29. The maximum absolute atomic E-state index is 5.26. The van der Waals surface area contributed by atoms with E-state index in [9.17, 15) is 0 Å². The van der Waals surface area contributed by atoms with Crippen LogP contribution in [-0.2, 0) is 0 Å². The second kappa shape index (κ2) is 5.13. The van der Waals surface area contributed by atoms with Gasteiger partial charge in [0.1, 0.15) is 5.69 Å². The van der Waals surface area contributed by atoms with Gasteiger partial charge in [0.25, 0.3) is 5.89 Å². The molecule has 1 unspecified atom stereocenters. The summed E-state index contributed by atoms with van der Waals surface area (Å²) >= 11 is 1.52. The third-order valence-electron chi connectivity index (χ3n) is 3.17. The van der Waals surface area contributed by atoms with Crippen molar-refractivity contribution in [1.29, 1.82) is 0 Å². The molecular weight excluding hydrogens is 250 g/mol. The van der Waals surface area contributed by atoms with Gasteiger partial charge in [0.2, 0.25) is 0 Å². The molecule has 0 aromatic carbocycles. The van der Waals surface area contributed by atoms with Crippen LogP contribution in [0.1, 0.15) is 18.8 Å². The molecule has 0 bridgehead atoms. The SMILES string of the molecule is CC(c1noc(-c2cscn2)n1)N1CCNCC1. The number of thiazole rings is 1. The summed E-state index contributed by atoms with van der Waals surface area (Å²) in [6.45, 7) is 6.17. The summed E-state index contributed by atoms with van der Waals surface area (Å²) < 4.78 is 5.26. The van der Waals surface area contributed by atoms with Gasteiger partial charge in [-0.2, -0.15) is 4.98 Å². The Morgan fingerprint density at radius 1 is 1.44 bits per heavy atom. The molecule has 0 spiro atoms. The molecule has 3 heterocycles. The average molecular weight is 265 g/mol. The predicted molar refractivity (Wildman–Crippen MR) is 68.3 cm³/mol. The van der Waals surface area contributed by atoms with Crippen LogP contribution in [0.2, 0.25) is 0 Å². The van der Waals surface area contributed by atoms with Crippen LogP contribution in [0.5, 0.6) is 0 Å². The van der Waals surface area contributed by atoms with E-state index in [-0.39, 0.29) is 6.04 Å². The molecule has 7 heteroatoms. The van der Waals surface area contributed by atoms with E-state index in [1.807, 2.05) is 5.38 Å². The van der Waals surface area contributed by atoms with Crippen molar-refractivity contribution >= 4 is 11.3 Å². The molecule has 1 aliphatic heterocycles. The Morgan fingerprint density at radius 3 is 3.00 bits per heavy atom. The molecule has 6 nitrogen and oxygen atoms in total. The normalized spacial score (nSPS) is 18.9. The van der Waals surface area contributed by atoms with Crippen LogP contribution in [0, 0.1) is 0 Å². The number of hydrogen-bond donors (Lipinski definition) is 1. The maximum Gasteiger partial charge on any atom is 0.277 e. The first-order valence-corrected chi connectivity index (χ1v) is 6.96. The molecule has 1 fully saturated rings. The van der Waals surface area contributed by atoms with Gasteiger partial charge in [0, 0.05) is 31.6 Å². The second-order valence-corrected chi connectivity index (χ2v) is 5.01. The lowest BCUT2D eigenvalue weighted by molar-refractivity contribution is 0.176. The second-order valence-electron chi connectivity index (χ2n) is 4.29. The fourth-order valence-corrected chi connectivity index (χ4v) is 2.59. The van der Waals surface area contributed by atoms with E-state index in [1.54, 1.807) is 5.51 Å². The predicted octanol–water partition coefficient (Wildman–Crippen LogP) is 1.16.